The van der Waals surface area contributed by atoms with E-state index >= 15 is 0 Å². The number of aromatic nitrogens is 2. The molecule has 2 heterocycles. The number of fused-ring (bicyclic) bond motifs is 1. The van der Waals surface area contributed by atoms with E-state index in [9.17, 15) is 4.39 Å². The summed E-state index contributed by atoms with van der Waals surface area (Å²) >= 11 is 0. The Morgan fingerprint density at radius 1 is 1.58 bits per heavy atom. The summed E-state index contributed by atoms with van der Waals surface area (Å²) in [4.78, 5) is 6.66. The van der Waals surface area contributed by atoms with E-state index < -0.39 is 0 Å². The summed E-state index contributed by atoms with van der Waals surface area (Å²) in [5.41, 5.74) is 0.674. The van der Waals surface area contributed by atoms with Gasteiger partial charge in [0.15, 0.2) is 0 Å². The molecular formula is C8H7FN2O. The first kappa shape index (κ1) is 7.09. The molecule has 1 N–H and O–H groups in total. The van der Waals surface area contributed by atoms with Gasteiger partial charge in [0.2, 0.25) is 5.88 Å². The molecule has 2 rings (SSSR count). The molecule has 0 radical (unpaired) electrons. The van der Waals surface area contributed by atoms with Crippen molar-refractivity contribution in [3.8, 4) is 5.88 Å². The lowest BCUT2D eigenvalue weighted by Gasteiger charge is -1.96. The third-order valence-corrected chi connectivity index (χ3v) is 1.70. The van der Waals surface area contributed by atoms with E-state index in [2.05, 4.69) is 9.97 Å². The van der Waals surface area contributed by atoms with E-state index in [1.165, 1.54) is 19.5 Å². The maximum absolute atomic E-state index is 12.9. The van der Waals surface area contributed by atoms with Crippen molar-refractivity contribution in [3.63, 3.8) is 0 Å². The van der Waals surface area contributed by atoms with Gasteiger partial charge in [-0.1, -0.05) is 0 Å². The van der Waals surface area contributed by atoms with Crippen LogP contribution in [0.15, 0.2) is 18.5 Å². The minimum atomic E-state index is -0.286. The van der Waals surface area contributed by atoms with E-state index in [0.717, 1.165) is 0 Å². The number of halogens is 1. The summed E-state index contributed by atoms with van der Waals surface area (Å²) in [6.07, 6.45) is 2.84. The van der Waals surface area contributed by atoms with Crippen LogP contribution in [-0.2, 0) is 0 Å². The number of pyridine rings is 1. The van der Waals surface area contributed by atoms with E-state index in [0.29, 0.717) is 16.8 Å². The van der Waals surface area contributed by atoms with Gasteiger partial charge < -0.3 is 9.72 Å². The zero-order valence-electron chi connectivity index (χ0n) is 6.47. The number of methoxy groups -OCH3 is 1. The summed E-state index contributed by atoms with van der Waals surface area (Å²) in [6.45, 7) is 0. The van der Waals surface area contributed by atoms with Crippen molar-refractivity contribution >= 4 is 10.9 Å². The number of nitrogens with zero attached hydrogens (tertiary/aromatic N) is 1. The highest BCUT2D eigenvalue weighted by molar-refractivity contribution is 5.79. The Morgan fingerprint density at radius 2 is 2.42 bits per heavy atom. The van der Waals surface area contributed by atoms with Gasteiger partial charge in [-0.05, 0) is 0 Å². The number of aromatic amines is 1. The molecule has 0 bridgehead atoms. The molecule has 0 saturated carbocycles. The second-order valence-electron chi connectivity index (χ2n) is 2.41. The van der Waals surface area contributed by atoms with Crippen molar-refractivity contribution in [1.29, 1.82) is 0 Å². The predicted octanol–water partition coefficient (Wildman–Crippen LogP) is 1.71. The molecule has 2 aromatic heterocycles. The molecule has 0 fully saturated rings. The van der Waals surface area contributed by atoms with Gasteiger partial charge in [-0.25, -0.2) is 9.37 Å². The number of ether oxygens (including phenoxy) is 1. The third-order valence-electron chi connectivity index (χ3n) is 1.70. The summed E-state index contributed by atoms with van der Waals surface area (Å²) in [6, 6.07) is 1.56. The van der Waals surface area contributed by atoms with Crippen molar-refractivity contribution in [2.45, 2.75) is 0 Å². The maximum Gasteiger partial charge on any atom is 0.213 e. The van der Waals surface area contributed by atoms with E-state index in [1.807, 2.05) is 0 Å². The normalized spacial score (nSPS) is 10.5. The molecule has 0 aliphatic carbocycles. The predicted molar refractivity (Wildman–Crippen MR) is 42.6 cm³/mol. The fourth-order valence-corrected chi connectivity index (χ4v) is 1.08. The van der Waals surface area contributed by atoms with Gasteiger partial charge in [-0.3, -0.25) is 0 Å². The van der Waals surface area contributed by atoms with Crippen LogP contribution in [0.4, 0.5) is 4.39 Å². The Balaban J connectivity index is 2.71. The average Bonchev–Trinajstić information content (AvgIpc) is 2.47. The second-order valence-corrected chi connectivity index (χ2v) is 2.41. The molecule has 0 atom stereocenters. The Hall–Kier alpha value is -1.58. The summed E-state index contributed by atoms with van der Waals surface area (Å²) in [5, 5.41) is 0.502. The first-order chi connectivity index (χ1) is 5.81. The monoisotopic (exact) mass is 166 g/mol. The number of hydrogen-bond donors (Lipinski definition) is 1. The highest BCUT2D eigenvalue weighted by Crippen LogP contribution is 2.19. The van der Waals surface area contributed by atoms with Crippen LogP contribution in [0.1, 0.15) is 0 Å². The molecule has 0 aliphatic heterocycles. The fourth-order valence-electron chi connectivity index (χ4n) is 1.08. The van der Waals surface area contributed by atoms with E-state index in [4.69, 9.17) is 4.74 Å². The Bertz CT molecular complexity index is 410. The topological polar surface area (TPSA) is 37.9 Å². The van der Waals surface area contributed by atoms with E-state index in [-0.39, 0.29) is 5.82 Å². The van der Waals surface area contributed by atoms with Crippen LogP contribution in [-0.4, -0.2) is 17.1 Å². The molecule has 0 amide bonds. The van der Waals surface area contributed by atoms with Crippen LogP contribution in [0.3, 0.4) is 0 Å². The molecule has 0 saturated heterocycles. The van der Waals surface area contributed by atoms with Crippen molar-refractivity contribution in [2.24, 2.45) is 0 Å². The molecule has 3 nitrogen and oxygen atoms in total. The fraction of sp³-hybridized carbons (Fsp3) is 0.125. The largest absolute Gasteiger partial charge is 0.481 e. The third kappa shape index (κ3) is 0.922. The van der Waals surface area contributed by atoms with Crippen LogP contribution in [0, 0.1) is 5.82 Å². The molecule has 0 aliphatic rings. The van der Waals surface area contributed by atoms with Crippen molar-refractivity contribution in [1.82, 2.24) is 9.97 Å². The number of H-pyrrole nitrogens is 1. The van der Waals surface area contributed by atoms with Gasteiger partial charge in [0.05, 0.1) is 18.8 Å². The van der Waals surface area contributed by atoms with Crippen LogP contribution in [0.25, 0.3) is 10.9 Å². The molecule has 0 spiro atoms. The molecule has 12 heavy (non-hydrogen) atoms. The SMILES string of the molecule is COc1cc2c(F)c[nH]c2cn1. The van der Waals surface area contributed by atoms with Crippen LogP contribution >= 0.6 is 0 Å². The zero-order valence-corrected chi connectivity index (χ0v) is 6.47. The molecule has 0 aromatic carbocycles. The van der Waals surface area contributed by atoms with Gasteiger partial charge in [-0.2, -0.15) is 0 Å². The highest BCUT2D eigenvalue weighted by atomic mass is 19.1. The molecule has 2 aromatic rings. The molecular weight excluding hydrogens is 159 g/mol. The van der Waals surface area contributed by atoms with E-state index in [1.54, 1.807) is 6.07 Å². The van der Waals surface area contributed by atoms with Crippen molar-refractivity contribution < 1.29 is 9.13 Å². The minimum Gasteiger partial charge on any atom is -0.481 e. The Labute approximate surface area is 68.2 Å². The number of nitrogens with one attached hydrogen (secondary N) is 1. The molecule has 62 valence electrons. The summed E-state index contributed by atoms with van der Waals surface area (Å²) in [7, 11) is 1.50. The zero-order chi connectivity index (χ0) is 8.55. The standard InChI is InChI=1S/C8H7FN2O/c1-12-8-2-5-6(9)3-10-7(5)4-11-8/h2-4,10H,1H3. The van der Waals surface area contributed by atoms with Crippen LogP contribution in [0.2, 0.25) is 0 Å². The first-order valence-corrected chi connectivity index (χ1v) is 3.48. The van der Waals surface area contributed by atoms with Gasteiger partial charge in [0.25, 0.3) is 0 Å². The summed E-state index contributed by atoms with van der Waals surface area (Å²) < 4.78 is 17.8. The highest BCUT2D eigenvalue weighted by Gasteiger charge is 2.03. The Morgan fingerprint density at radius 3 is 3.17 bits per heavy atom. The average molecular weight is 166 g/mol. The van der Waals surface area contributed by atoms with Crippen LogP contribution in [0.5, 0.6) is 5.88 Å². The van der Waals surface area contributed by atoms with Gasteiger partial charge in [0, 0.05) is 17.6 Å². The van der Waals surface area contributed by atoms with Crippen molar-refractivity contribution in [2.75, 3.05) is 7.11 Å². The van der Waals surface area contributed by atoms with Crippen LogP contribution < -0.4 is 4.74 Å². The molecule has 4 heteroatoms. The van der Waals surface area contributed by atoms with Crippen molar-refractivity contribution in [3.05, 3.63) is 24.3 Å². The Kier molecular flexibility index (Phi) is 1.46. The number of hydrogen-bond acceptors (Lipinski definition) is 2. The first-order valence-electron chi connectivity index (χ1n) is 3.48. The molecule has 0 unspecified atom stereocenters. The number of rotatable bonds is 1. The second kappa shape index (κ2) is 2.48. The maximum atomic E-state index is 12.9. The lowest BCUT2D eigenvalue weighted by atomic mass is 10.3. The lowest BCUT2D eigenvalue weighted by molar-refractivity contribution is 0.398. The van der Waals surface area contributed by atoms with Gasteiger partial charge in [-0.15, -0.1) is 0 Å². The smallest absolute Gasteiger partial charge is 0.213 e. The minimum absolute atomic E-state index is 0.286. The quantitative estimate of drug-likeness (QED) is 0.700. The van der Waals surface area contributed by atoms with Gasteiger partial charge >= 0.3 is 0 Å². The summed E-state index contributed by atoms with van der Waals surface area (Å²) in [5.74, 6) is 0.131. The lowest BCUT2D eigenvalue weighted by Crippen LogP contribution is -1.85. The van der Waals surface area contributed by atoms with Gasteiger partial charge in [0.1, 0.15) is 5.82 Å².